The fourth-order valence-electron chi connectivity index (χ4n) is 5.13. The highest BCUT2D eigenvalue weighted by atomic mass is 35.5. The first kappa shape index (κ1) is 18.7. The van der Waals surface area contributed by atoms with E-state index in [1.807, 2.05) is 6.07 Å². The maximum absolute atomic E-state index is 14.8. The van der Waals surface area contributed by atoms with Crippen LogP contribution >= 0.6 is 11.6 Å². The van der Waals surface area contributed by atoms with Crippen molar-refractivity contribution in [3.8, 4) is 11.1 Å². The third kappa shape index (κ3) is 3.82. The van der Waals surface area contributed by atoms with Crippen LogP contribution in [0.4, 0.5) is 8.78 Å². The molecule has 0 heterocycles. The summed E-state index contributed by atoms with van der Waals surface area (Å²) >= 11 is 5.73. The van der Waals surface area contributed by atoms with Crippen molar-refractivity contribution < 1.29 is 8.78 Å². The fraction of sp³-hybridized carbons (Fsp3) is 0.417. The number of halogens is 3. The molecule has 2 aromatic carbocycles. The lowest BCUT2D eigenvalue weighted by Crippen LogP contribution is -2.29. The van der Waals surface area contributed by atoms with Crippen molar-refractivity contribution >= 4 is 11.6 Å². The van der Waals surface area contributed by atoms with Gasteiger partial charge in [0, 0.05) is 5.56 Å². The van der Waals surface area contributed by atoms with Crippen LogP contribution < -0.4 is 0 Å². The summed E-state index contributed by atoms with van der Waals surface area (Å²) in [6, 6.07) is 9.89. The van der Waals surface area contributed by atoms with E-state index in [1.54, 1.807) is 18.2 Å². The highest BCUT2D eigenvalue weighted by Gasteiger charge is 2.35. The van der Waals surface area contributed by atoms with Crippen LogP contribution in [0.15, 0.2) is 49.1 Å². The number of allylic oxidation sites excluding steroid dienone is 1. The Kier molecular flexibility index (Phi) is 5.36. The van der Waals surface area contributed by atoms with Gasteiger partial charge < -0.3 is 0 Å². The molecular formula is C24H25ClF2. The van der Waals surface area contributed by atoms with Crippen molar-refractivity contribution in [2.24, 2.45) is 17.8 Å². The standard InChI is InChI=1S/C24H25ClF2/c1-2-15-3-4-17-12-18(6-5-16(17)11-15)19-7-9-21(23(26)13-19)20-8-10-22(25)24(27)14-20/h2,7-10,13-18H,1,3-6,11-12H2. The van der Waals surface area contributed by atoms with Gasteiger partial charge in [-0.15, -0.1) is 6.58 Å². The minimum atomic E-state index is -0.522. The van der Waals surface area contributed by atoms with Gasteiger partial charge in [0.15, 0.2) is 0 Å². The van der Waals surface area contributed by atoms with E-state index in [1.165, 1.54) is 37.8 Å². The molecule has 2 aliphatic carbocycles. The molecule has 0 radical (unpaired) electrons. The summed E-state index contributed by atoms with van der Waals surface area (Å²) in [6.07, 6.45) is 9.41. The Morgan fingerprint density at radius 3 is 2.41 bits per heavy atom. The maximum atomic E-state index is 14.8. The monoisotopic (exact) mass is 386 g/mol. The first-order valence-corrected chi connectivity index (χ1v) is 10.3. The molecule has 0 bridgehead atoms. The Hall–Kier alpha value is -1.67. The minimum absolute atomic E-state index is 0.0544. The van der Waals surface area contributed by atoms with Crippen LogP contribution in [-0.2, 0) is 0 Å². The smallest absolute Gasteiger partial charge is 0.142 e. The van der Waals surface area contributed by atoms with E-state index >= 15 is 0 Å². The van der Waals surface area contributed by atoms with Crippen LogP contribution in [0, 0.1) is 29.4 Å². The molecule has 2 aliphatic rings. The number of rotatable bonds is 3. The molecule has 2 aromatic rings. The van der Waals surface area contributed by atoms with Crippen LogP contribution in [0.5, 0.6) is 0 Å². The molecule has 142 valence electrons. The van der Waals surface area contributed by atoms with Crippen molar-refractivity contribution in [1.82, 2.24) is 0 Å². The number of fused-ring (bicyclic) bond motifs is 1. The van der Waals surface area contributed by atoms with Gasteiger partial charge in [0.05, 0.1) is 5.02 Å². The van der Waals surface area contributed by atoms with Crippen molar-refractivity contribution in [2.75, 3.05) is 0 Å². The average molecular weight is 387 g/mol. The van der Waals surface area contributed by atoms with Gasteiger partial charge in [-0.05, 0) is 91.5 Å². The third-order valence-corrected chi connectivity index (χ3v) is 6.99. The molecule has 4 atom stereocenters. The largest absolute Gasteiger partial charge is 0.206 e. The summed E-state index contributed by atoms with van der Waals surface area (Å²) in [5.74, 6) is 1.86. The number of hydrogen-bond acceptors (Lipinski definition) is 0. The molecule has 4 rings (SSSR count). The predicted molar refractivity (Wildman–Crippen MR) is 108 cm³/mol. The lowest BCUT2D eigenvalue weighted by molar-refractivity contribution is 0.133. The zero-order valence-electron chi connectivity index (χ0n) is 15.4. The van der Waals surface area contributed by atoms with E-state index in [0.29, 0.717) is 23.0 Å². The zero-order chi connectivity index (χ0) is 19.0. The number of benzene rings is 2. The topological polar surface area (TPSA) is 0 Å². The van der Waals surface area contributed by atoms with E-state index in [0.717, 1.165) is 30.2 Å². The molecule has 2 saturated carbocycles. The summed E-state index contributed by atoms with van der Waals surface area (Å²) in [5, 5.41) is 0.0544. The van der Waals surface area contributed by atoms with Gasteiger partial charge in [-0.3, -0.25) is 0 Å². The molecule has 2 fully saturated rings. The highest BCUT2D eigenvalue weighted by Crippen LogP contribution is 2.48. The second kappa shape index (κ2) is 7.75. The fourth-order valence-corrected chi connectivity index (χ4v) is 5.24. The molecule has 3 heteroatoms. The van der Waals surface area contributed by atoms with Crippen LogP contribution in [0.3, 0.4) is 0 Å². The van der Waals surface area contributed by atoms with Gasteiger partial charge >= 0.3 is 0 Å². The average Bonchev–Trinajstić information content (AvgIpc) is 2.69. The van der Waals surface area contributed by atoms with Crippen LogP contribution in [0.1, 0.15) is 50.0 Å². The van der Waals surface area contributed by atoms with Gasteiger partial charge in [-0.2, -0.15) is 0 Å². The molecule has 0 amide bonds. The van der Waals surface area contributed by atoms with Gasteiger partial charge in [0.2, 0.25) is 0 Å². The molecular weight excluding hydrogens is 362 g/mol. The van der Waals surface area contributed by atoms with Crippen molar-refractivity contribution in [2.45, 2.75) is 44.4 Å². The lowest BCUT2D eigenvalue weighted by Gasteiger charge is -2.41. The van der Waals surface area contributed by atoms with E-state index in [4.69, 9.17) is 11.6 Å². The van der Waals surface area contributed by atoms with Gasteiger partial charge in [0.25, 0.3) is 0 Å². The Morgan fingerprint density at radius 1 is 0.889 bits per heavy atom. The molecule has 0 nitrogen and oxygen atoms in total. The predicted octanol–water partition coefficient (Wildman–Crippen LogP) is 7.77. The first-order chi connectivity index (χ1) is 13.0. The summed E-state index contributed by atoms with van der Waals surface area (Å²) in [6.45, 7) is 3.97. The van der Waals surface area contributed by atoms with E-state index in [2.05, 4.69) is 12.7 Å². The van der Waals surface area contributed by atoms with Crippen LogP contribution in [0.2, 0.25) is 5.02 Å². The molecule has 0 aromatic heterocycles. The van der Waals surface area contributed by atoms with Crippen LogP contribution in [-0.4, -0.2) is 0 Å². The van der Waals surface area contributed by atoms with Crippen LogP contribution in [0.25, 0.3) is 11.1 Å². The summed E-state index contributed by atoms with van der Waals surface area (Å²) in [5.41, 5.74) is 2.02. The van der Waals surface area contributed by atoms with E-state index in [-0.39, 0.29) is 10.8 Å². The Labute approximate surface area is 165 Å². The maximum Gasteiger partial charge on any atom is 0.142 e. The third-order valence-electron chi connectivity index (χ3n) is 6.68. The van der Waals surface area contributed by atoms with Crippen molar-refractivity contribution in [3.05, 3.63) is 71.3 Å². The molecule has 4 unspecified atom stereocenters. The van der Waals surface area contributed by atoms with Gasteiger partial charge in [-0.25, -0.2) is 8.78 Å². The molecule has 0 N–H and O–H groups in total. The summed E-state index contributed by atoms with van der Waals surface area (Å²) in [4.78, 5) is 0. The second-order valence-electron chi connectivity index (χ2n) is 8.21. The SMILES string of the molecule is C=CC1CCC2CC(c3ccc(-c4ccc(Cl)c(F)c4)c(F)c3)CCC2C1. The van der Waals surface area contributed by atoms with Gasteiger partial charge in [-0.1, -0.05) is 35.9 Å². The second-order valence-corrected chi connectivity index (χ2v) is 8.61. The first-order valence-electron chi connectivity index (χ1n) is 9.92. The Balaban J connectivity index is 1.51. The summed E-state index contributed by atoms with van der Waals surface area (Å²) < 4.78 is 28.5. The Bertz CT molecular complexity index is 844. The van der Waals surface area contributed by atoms with Crippen molar-refractivity contribution in [3.63, 3.8) is 0 Å². The zero-order valence-corrected chi connectivity index (χ0v) is 16.2. The quantitative estimate of drug-likeness (QED) is 0.472. The van der Waals surface area contributed by atoms with Crippen molar-refractivity contribution in [1.29, 1.82) is 0 Å². The molecule has 27 heavy (non-hydrogen) atoms. The number of hydrogen-bond donors (Lipinski definition) is 0. The van der Waals surface area contributed by atoms with Gasteiger partial charge in [0.1, 0.15) is 11.6 Å². The lowest BCUT2D eigenvalue weighted by atomic mass is 9.64. The summed E-state index contributed by atoms with van der Waals surface area (Å²) in [7, 11) is 0. The molecule has 0 saturated heterocycles. The Morgan fingerprint density at radius 2 is 1.67 bits per heavy atom. The molecule has 0 spiro atoms. The van der Waals surface area contributed by atoms with E-state index in [9.17, 15) is 8.78 Å². The minimum Gasteiger partial charge on any atom is -0.206 e. The highest BCUT2D eigenvalue weighted by molar-refractivity contribution is 6.30. The van der Waals surface area contributed by atoms with E-state index < -0.39 is 5.82 Å². The normalized spacial score (nSPS) is 27.8. The molecule has 0 aliphatic heterocycles.